The first kappa shape index (κ1) is 12.8. The number of nitrogens with zero attached hydrogens (tertiary/aromatic N) is 2. The maximum atomic E-state index is 6.13. The summed E-state index contributed by atoms with van der Waals surface area (Å²) in [5, 5.41) is 0.561. The van der Waals surface area contributed by atoms with Crippen LogP contribution < -0.4 is 10.5 Å². The molecule has 0 unspecified atom stereocenters. The molecule has 0 aliphatic rings. The van der Waals surface area contributed by atoms with Gasteiger partial charge in [0.25, 0.3) is 0 Å². The van der Waals surface area contributed by atoms with Crippen molar-refractivity contribution in [3.63, 3.8) is 0 Å². The number of benzene rings is 1. The van der Waals surface area contributed by atoms with Crippen LogP contribution in [0.4, 0.5) is 0 Å². The minimum absolute atomic E-state index is 0.316. The zero-order chi connectivity index (χ0) is 13.1. The van der Waals surface area contributed by atoms with Crippen LogP contribution in [0.1, 0.15) is 11.4 Å². The molecule has 1 aromatic heterocycles. The first-order valence-electron chi connectivity index (χ1n) is 5.52. The molecule has 0 amide bonds. The molecule has 2 N–H and O–H groups in total. The topological polar surface area (TPSA) is 61.0 Å². The molecule has 0 atom stereocenters. The molecule has 1 aromatic carbocycles. The molecular formula is C13H14ClN3O. The van der Waals surface area contributed by atoms with E-state index in [9.17, 15) is 0 Å². The quantitative estimate of drug-likeness (QED) is 0.925. The van der Waals surface area contributed by atoms with Gasteiger partial charge in [-0.1, -0.05) is 11.6 Å². The SMILES string of the molecule is COc1cc(C)c(-c2ccnc(CN)n2)cc1Cl. The van der Waals surface area contributed by atoms with Crippen molar-refractivity contribution in [1.29, 1.82) is 0 Å². The van der Waals surface area contributed by atoms with E-state index in [1.807, 2.05) is 25.1 Å². The van der Waals surface area contributed by atoms with Gasteiger partial charge in [0.05, 0.1) is 24.4 Å². The van der Waals surface area contributed by atoms with Gasteiger partial charge in [-0.15, -0.1) is 0 Å². The summed E-state index contributed by atoms with van der Waals surface area (Å²) < 4.78 is 5.18. The number of methoxy groups -OCH3 is 1. The number of aromatic nitrogens is 2. The van der Waals surface area contributed by atoms with E-state index >= 15 is 0 Å². The molecule has 0 aliphatic heterocycles. The first-order chi connectivity index (χ1) is 8.65. The van der Waals surface area contributed by atoms with Crippen molar-refractivity contribution >= 4 is 11.6 Å². The molecule has 2 rings (SSSR count). The minimum Gasteiger partial charge on any atom is -0.495 e. The minimum atomic E-state index is 0.316. The normalized spacial score (nSPS) is 10.4. The largest absolute Gasteiger partial charge is 0.495 e. The molecule has 0 saturated carbocycles. The molecule has 0 bridgehead atoms. The molecule has 2 aromatic rings. The van der Waals surface area contributed by atoms with E-state index in [2.05, 4.69) is 9.97 Å². The second-order valence-corrected chi connectivity index (χ2v) is 4.27. The van der Waals surface area contributed by atoms with Gasteiger partial charge in [-0.3, -0.25) is 0 Å². The first-order valence-corrected chi connectivity index (χ1v) is 5.90. The third-order valence-electron chi connectivity index (χ3n) is 2.66. The number of rotatable bonds is 3. The summed E-state index contributed by atoms with van der Waals surface area (Å²) in [6.07, 6.45) is 1.70. The number of hydrogen-bond acceptors (Lipinski definition) is 4. The second kappa shape index (κ2) is 5.33. The highest BCUT2D eigenvalue weighted by Gasteiger charge is 2.09. The van der Waals surface area contributed by atoms with Crippen molar-refractivity contribution in [2.45, 2.75) is 13.5 Å². The Kier molecular flexibility index (Phi) is 3.79. The van der Waals surface area contributed by atoms with Gasteiger partial charge in [0, 0.05) is 11.8 Å². The van der Waals surface area contributed by atoms with Gasteiger partial charge in [0.2, 0.25) is 0 Å². The lowest BCUT2D eigenvalue weighted by molar-refractivity contribution is 0.415. The van der Waals surface area contributed by atoms with Crippen LogP contribution in [0.5, 0.6) is 5.75 Å². The van der Waals surface area contributed by atoms with E-state index in [1.165, 1.54) is 0 Å². The van der Waals surface area contributed by atoms with Crippen LogP contribution >= 0.6 is 11.6 Å². The van der Waals surface area contributed by atoms with Crippen LogP contribution in [0.2, 0.25) is 5.02 Å². The van der Waals surface area contributed by atoms with Crippen LogP contribution in [-0.4, -0.2) is 17.1 Å². The number of hydrogen-bond donors (Lipinski definition) is 1. The number of halogens is 1. The van der Waals surface area contributed by atoms with Crippen molar-refractivity contribution in [1.82, 2.24) is 9.97 Å². The molecular weight excluding hydrogens is 250 g/mol. The Labute approximate surface area is 111 Å². The lowest BCUT2D eigenvalue weighted by Crippen LogP contribution is -2.03. The highest BCUT2D eigenvalue weighted by molar-refractivity contribution is 6.32. The zero-order valence-corrected chi connectivity index (χ0v) is 11.0. The molecule has 0 fully saturated rings. The third-order valence-corrected chi connectivity index (χ3v) is 2.96. The lowest BCUT2D eigenvalue weighted by atomic mass is 10.1. The fourth-order valence-corrected chi connectivity index (χ4v) is 1.98. The average molecular weight is 264 g/mol. The van der Waals surface area contributed by atoms with Crippen molar-refractivity contribution in [2.75, 3.05) is 7.11 Å². The number of nitrogens with two attached hydrogens (primary N) is 1. The molecule has 0 aliphatic carbocycles. The molecule has 94 valence electrons. The maximum absolute atomic E-state index is 6.13. The van der Waals surface area contributed by atoms with Gasteiger partial charge >= 0.3 is 0 Å². The molecule has 0 spiro atoms. The molecule has 1 heterocycles. The standard InChI is InChI=1S/C13H14ClN3O/c1-8-5-12(18-2)10(14)6-9(8)11-3-4-16-13(7-15)17-11/h3-6H,7,15H2,1-2H3. The van der Waals surface area contributed by atoms with E-state index < -0.39 is 0 Å². The monoisotopic (exact) mass is 263 g/mol. The summed E-state index contributed by atoms with van der Waals surface area (Å²) in [7, 11) is 1.59. The molecule has 0 radical (unpaired) electrons. The van der Waals surface area contributed by atoms with Crippen molar-refractivity contribution in [3.8, 4) is 17.0 Å². The Bertz CT molecular complexity index is 572. The fourth-order valence-electron chi connectivity index (χ4n) is 1.73. The highest BCUT2D eigenvalue weighted by atomic mass is 35.5. The van der Waals surface area contributed by atoms with Crippen molar-refractivity contribution < 1.29 is 4.74 Å². The Hall–Kier alpha value is -1.65. The summed E-state index contributed by atoms with van der Waals surface area (Å²) in [4.78, 5) is 8.46. The van der Waals surface area contributed by atoms with Crippen molar-refractivity contribution in [3.05, 3.63) is 40.8 Å². The summed E-state index contributed by atoms with van der Waals surface area (Å²) in [6.45, 7) is 2.30. The van der Waals surface area contributed by atoms with Crippen LogP contribution in [0.15, 0.2) is 24.4 Å². The molecule has 18 heavy (non-hydrogen) atoms. The summed E-state index contributed by atoms with van der Waals surface area (Å²) >= 11 is 6.13. The zero-order valence-electron chi connectivity index (χ0n) is 10.3. The van der Waals surface area contributed by atoms with Crippen LogP contribution in [0.25, 0.3) is 11.3 Å². The van der Waals surface area contributed by atoms with Crippen LogP contribution in [0.3, 0.4) is 0 Å². The van der Waals surface area contributed by atoms with E-state index in [1.54, 1.807) is 13.3 Å². The maximum Gasteiger partial charge on any atom is 0.142 e. The Morgan fingerprint density at radius 2 is 2.17 bits per heavy atom. The summed E-state index contributed by atoms with van der Waals surface area (Å²) in [5.41, 5.74) is 8.35. The van der Waals surface area contributed by atoms with Gasteiger partial charge in [0.15, 0.2) is 0 Å². The van der Waals surface area contributed by atoms with E-state index in [0.29, 0.717) is 23.1 Å². The Morgan fingerprint density at radius 1 is 1.39 bits per heavy atom. The number of aryl methyl sites for hydroxylation is 1. The molecule has 4 nitrogen and oxygen atoms in total. The van der Waals surface area contributed by atoms with Crippen LogP contribution in [0, 0.1) is 6.92 Å². The van der Waals surface area contributed by atoms with E-state index in [-0.39, 0.29) is 0 Å². The van der Waals surface area contributed by atoms with Gasteiger partial charge in [-0.05, 0) is 30.7 Å². The lowest BCUT2D eigenvalue weighted by Gasteiger charge is -2.10. The number of ether oxygens (including phenoxy) is 1. The summed E-state index contributed by atoms with van der Waals surface area (Å²) in [5.74, 6) is 1.27. The van der Waals surface area contributed by atoms with Gasteiger partial charge in [0.1, 0.15) is 11.6 Å². The third kappa shape index (κ3) is 2.44. The Morgan fingerprint density at radius 3 is 2.83 bits per heavy atom. The highest BCUT2D eigenvalue weighted by Crippen LogP contribution is 2.32. The predicted molar refractivity (Wildman–Crippen MR) is 71.7 cm³/mol. The summed E-state index contributed by atoms with van der Waals surface area (Å²) in [6, 6.07) is 5.57. The molecule has 5 heteroatoms. The second-order valence-electron chi connectivity index (χ2n) is 3.86. The predicted octanol–water partition coefficient (Wildman–Crippen LogP) is 2.57. The van der Waals surface area contributed by atoms with E-state index in [0.717, 1.165) is 16.8 Å². The van der Waals surface area contributed by atoms with Gasteiger partial charge < -0.3 is 10.5 Å². The van der Waals surface area contributed by atoms with Crippen molar-refractivity contribution in [2.24, 2.45) is 5.73 Å². The smallest absolute Gasteiger partial charge is 0.142 e. The Balaban J connectivity index is 2.53. The van der Waals surface area contributed by atoms with Gasteiger partial charge in [-0.2, -0.15) is 0 Å². The molecule has 0 saturated heterocycles. The van der Waals surface area contributed by atoms with Crippen LogP contribution in [-0.2, 0) is 6.54 Å². The fraction of sp³-hybridized carbons (Fsp3) is 0.231. The van der Waals surface area contributed by atoms with E-state index in [4.69, 9.17) is 22.1 Å². The van der Waals surface area contributed by atoms with Gasteiger partial charge in [-0.25, -0.2) is 9.97 Å². The average Bonchev–Trinajstić information content (AvgIpc) is 2.41.